The van der Waals surface area contributed by atoms with Crippen molar-refractivity contribution in [3.63, 3.8) is 0 Å². The molecule has 0 aliphatic heterocycles. The van der Waals surface area contributed by atoms with Gasteiger partial charge in [-0.2, -0.15) is 0 Å². The van der Waals surface area contributed by atoms with E-state index in [4.69, 9.17) is 0 Å². The third-order valence-corrected chi connectivity index (χ3v) is 10.2. The zero-order valence-corrected chi connectivity index (χ0v) is 26.3. The number of hydrogen-bond donors (Lipinski definition) is 0. The van der Waals surface area contributed by atoms with Crippen molar-refractivity contribution in [2.24, 2.45) is 0 Å². The van der Waals surface area contributed by atoms with E-state index in [9.17, 15) is 0 Å². The molecule has 0 amide bonds. The minimum atomic E-state index is 1.23. The highest BCUT2D eigenvalue weighted by atomic mass is 14.2. The molecule has 0 nitrogen and oxygen atoms in total. The molecule has 0 radical (unpaired) electrons. The minimum Gasteiger partial charge on any atom is -0.0616 e. The van der Waals surface area contributed by atoms with Gasteiger partial charge in [0.15, 0.2) is 0 Å². The first-order valence-electron chi connectivity index (χ1n) is 16.7. The van der Waals surface area contributed by atoms with Crippen LogP contribution in [0.25, 0.3) is 98.0 Å². The Morgan fingerprint density at radius 1 is 0.208 bits per heavy atom. The molecule has 0 saturated carbocycles. The van der Waals surface area contributed by atoms with E-state index in [1.807, 2.05) is 0 Å². The van der Waals surface area contributed by atoms with Crippen LogP contribution in [-0.2, 0) is 0 Å². The molecule has 48 heavy (non-hydrogen) atoms. The fraction of sp³-hybridized carbons (Fsp3) is 0. The maximum Gasteiger partial charge on any atom is -0.00201 e. The zero-order chi connectivity index (χ0) is 31.6. The summed E-state index contributed by atoms with van der Waals surface area (Å²) >= 11 is 0. The van der Waals surface area contributed by atoms with Crippen LogP contribution in [0.5, 0.6) is 0 Å². The summed E-state index contributed by atoms with van der Waals surface area (Å²) in [5.74, 6) is 0. The van der Waals surface area contributed by atoms with Gasteiger partial charge in [0, 0.05) is 0 Å². The van der Waals surface area contributed by atoms with Crippen molar-refractivity contribution in [1.82, 2.24) is 0 Å². The standard InChI is InChI=1S/C48H30/c1-2-9-36-27-37(21-17-31(36)7-1)32-13-15-33(16-14-32)38-22-23-40-29-41(25-24-39(40)28-38)46-30-42-26-20-35-19-18-34-8-3-4-10-43(34)47(35)48(42)45-12-6-5-11-44(45)46/h1-30H. The van der Waals surface area contributed by atoms with E-state index in [2.05, 4.69) is 182 Å². The average molecular weight is 607 g/mol. The lowest BCUT2D eigenvalue weighted by atomic mass is 9.88. The zero-order valence-electron chi connectivity index (χ0n) is 26.3. The average Bonchev–Trinajstić information content (AvgIpc) is 3.16. The molecule has 0 atom stereocenters. The molecular weight excluding hydrogens is 577 g/mol. The Hall–Kier alpha value is -6.24. The molecule has 0 heterocycles. The van der Waals surface area contributed by atoms with Gasteiger partial charge in [-0.25, -0.2) is 0 Å². The van der Waals surface area contributed by atoms with Crippen molar-refractivity contribution >= 4 is 64.6 Å². The molecule has 0 aliphatic carbocycles. The molecule has 10 aromatic carbocycles. The molecule has 0 aliphatic rings. The Balaban J connectivity index is 1.05. The first kappa shape index (κ1) is 26.9. The SMILES string of the molecule is c1ccc2cc(-c3ccc(-c4ccc5cc(-c6cc7ccc8ccc9ccccc9c8c7c7ccccc67)ccc5c4)cc3)ccc2c1. The molecule has 0 spiro atoms. The van der Waals surface area contributed by atoms with E-state index in [0.717, 1.165) is 0 Å². The third-order valence-electron chi connectivity index (χ3n) is 10.2. The van der Waals surface area contributed by atoms with Gasteiger partial charge in [0.2, 0.25) is 0 Å². The summed E-state index contributed by atoms with van der Waals surface area (Å²) in [7, 11) is 0. The smallest absolute Gasteiger partial charge is 0.00201 e. The fourth-order valence-corrected chi connectivity index (χ4v) is 7.75. The molecule has 0 unspecified atom stereocenters. The van der Waals surface area contributed by atoms with E-state index in [1.54, 1.807) is 0 Å². The number of benzene rings is 10. The van der Waals surface area contributed by atoms with Gasteiger partial charge in [0.25, 0.3) is 0 Å². The second-order valence-electron chi connectivity index (χ2n) is 12.9. The Bertz CT molecular complexity index is 2870. The normalized spacial score (nSPS) is 11.8. The summed E-state index contributed by atoms with van der Waals surface area (Å²) in [4.78, 5) is 0. The Kier molecular flexibility index (Phi) is 5.98. The maximum absolute atomic E-state index is 2.39. The quantitative estimate of drug-likeness (QED) is 0.176. The molecule has 10 aromatic rings. The molecule has 10 rings (SSSR count). The lowest BCUT2D eigenvalue weighted by Gasteiger charge is -2.15. The van der Waals surface area contributed by atoms with Gasteiger partial charge >= 0.3 is 0 Å². The van der Waals surface area contributed by atoms with Crippen LogP contribution in [0.1, 0.15) is 0 Å². The molecular formula is C48H30. The molecule has 0 bridgehead atoms. The Morgan fingerprint density at radius 3 is 1.33 bits per heavy atom. The predicted octanol–water partition coefficient (Wildman–Crippen LogP) is 13.6. The monoisotopic (exact) mass is 606 g/mol. The van der Waals surface area contributed by atoms with Crippen molar-refractivity contribution in [1.29, 1.82) is 0 Å². The second kappa shape index (κ2) is 10.7. The van der Waals surface area contributed by atoms with Gasteiger partial charge in [-0.15, -0.1) is 0 Å². The largest absolute Gasteiger partial charge is 0.0616 e. The summed E-state index contributed by atoms with van der Waals surface area (Å²) in [6.07, 6.45) is 0. The third kappa shape index (κ3) is 4.31. The van der Waals surface area contributed by atoms with E-state index in [0.29, 0.717) is 0 Å². The Morgan fingerprint density at radius 2 is 0.625 bits per heavy atom. The second-order valence-corrected chi connectivity index (χ2v) is 12.9. The fourth-order valence-electron chi connectivity index (χ4n) is 7.75. The minimum absolute atomic E-state index is 1.23. The lowest BCUT2D eigenvalue weighted by Crippen LogP contribution is -1.88. The highest BCUT2D eigenvalue weighted by Gasteiger charge is 2.14. The number of fused-ring (bicyclic) bond motifs is 9. The van der Waals surface area contributed by atoms with Gasteiger partial charge in [0.05, 0.1) is 0 Å². The summed E-state index contributed by atoms with van der Waals surface area (Å²) in [6.45, 7) is 0. The van der Waals surface area contributed by atoms with Crippen LogP contribution in [0.4, 0.5) is 0 Å². The van der Waals surface area contributed by atoms with E-state index >= 15 is 0 Å². The van der Waals surface area contributed by atoms with Crippen LogP contribution in [0.2, 0.25) is 0 Å². The first-order valence-corrected chi connectivity index (χ1v) is 16.7. The number of hydrogen-bond acceptors (Lipinski definition) is 0. The van der Waals surface area contributed by atoms with Crippen LogP contribution in [0.15, 0.2) is 182 Å². The van der Waals surface area contributed by atoms with Gasteiger partial charge in [0.1, 0.15) is 0 Å². The lowest BCUT2D eigenvalue weighted by molar-refractivity contribution is 1.61. The van der Waals surface area contributed by atoms with Crippen molar-refractivity contribution < 1.29 is 0 Å². The molecule has 0 fully saturated rings. The van der Waals surface area contributed by atoms with Crippen LogP contribution in [0, 0.1) is 0 Å². The van der Waals surface area contributed by atoms with Crippen molar-refractivity contribution in [3.8, 4) is 33.4 Å². The topological polar surface area (TPSA) is 0 Å². The first-order chi connectivity index (χ1) is 23.8. The van der Waals surface area contributed by atoms with Crippen LogP contribution in [-0.4, -0.2) is 0 Å². The van der Waals surface area contributed by atoms with E-state index in [1.165, 1.54) is 98.0 Å². The van der Waals surface area contributed by atoms with Gasteiger partial charge in [-0.3, -0.25) is 0 Å². The van der Waals surface area contributed by atoms with Gasteiger partial charge in [-0.1, -0.05) is 158 Å². The maximum atomic E-state index is 2.39. The molecule has 0 heteroatoms. The van der Waals surface area contributed by atoms with Crippen LogP contribution < -0.4 is 0 Å². The van der Waals surface area contributed by atoms with Crippen molar-refractivity contribution in [2.45, 2.75) is 0 Å². The van der Waals surface area contributed by atoms with Crippen LogP contribution >= 0.6 is 0 Å². The molecule has 0 aromatic heterocycles. The van der Waals surface area contributed by atoms with Crippen LogP contribution in [0.3, 0.4) is 0 Å². The van der Waals surface area contributed by atoms with Crippen molar-refractivity contribution in [3.05, 3.63) is 182 Å². The highest BCUT2D eigenvalue weighted by Crippen LogP contribution is 2.41. The number of rotatable bonds is 3. The molecule has 222 valence electrons. The van der Waals surface area contributed by atoms with Gasteiger partial charge < -0.3 is 0 Å². The highest BCUT2D eigenvalue weighted by molar-refractivity contribution is 6.29. The summed E-state index contributed by atoms with van der Waals surface area (Å²) in [5.41, 5.74) is 7.45. The molecule has 0 saturated heterocycles. The van der Waals surface area contributed by atoms with Crippen molar-refractivity contribution in [2.75, 3.05) is 0 Å². The summed E-state index contributed by atoms with van der Waals surface area (Å²) in [5, 5.41) is 15.4. The molecule has 0 N–H and O–H groups in total. The summed E-state index contributed by atoms with van der Waals surface area (Å²) < 4.78 is 0. The van der Waals surface area contributed by atoms with Gasteiger partial charge in [-0.05, 0) is 122 Å². The Labute approximate surface area is 279 Å². The summed E-state index contributed by atoms with van der Waals surface area (Å²) in [6, 6.07) is 67.1. The predicted molar refractivity (Wildman–Crippen MR) is 208 cm³/mol. The van der Waals surface area contributed by atoms with E-state index < -0.39 is 0 Å². The van der Waals surface area contributed by atoms with E-state index in [-0.39, 0.29) is 0 Å².